The van der Waals surface area contributed by atoms with Gasteiger partial charge in [-0.3, -0.25) is 0 Å². The Morgan fingerprint density at radius 3 is 2.78 bits per heavy atom. The van der Waals surface area contributed by atoms with Gasteiger partial charge in [0.2, 0.25) is 0 Å². The number of piperidine rings is 1. The van der Waals surface area contributed by atoms with Crippen LogP contribution in [0.5, 0.6) is 0 Å². The Bertz CT molecular complexity index is 952. The van der Waals surface area contributed by atoms with Crippen molar-refractivity contribution >= 4 is 11.7 Å². The van der Waals surface area contributed by atoms with Gasteiger partial charge in [0.15, 0.2) is 0 Å². The van der Waals surface area contributed by atoms with Gasteiger partial charge in [0.1, 0.15) is 5.76 Å². The molecule has 2 aromatic heterocycles. The number of rotatable bonds is 2. The van der Waals surface area contributed by atoms with E-state index < -0.39 is 0 Å². The summed E-state index contributed by atoms with van der Waals surface area (Å²) in [5, 5.41) is 6.72. The van der Waals surface area contributed by atoms with Crippen LogP contribution in [0.4, 0.5) is 10.5 Å². The van der Waals surface area contributed by atoms with Gasteiger partial charge in [0.25, 0.3) is 0 Å². The van der Waals surface area contributed by atoms with Crippen LogP contribution < -0.4 is 10.6 Å². The molecule has 6 heteroatoms. The number of furan rings is 1. The first-order valence-electron chi connectivity index (χ1n) is 9.36. The number of nitrogens with zero attached hydrogens (tertiary/aromatic N) is 2. The lowest BCUT2D eigenvalue weighted by Crippen LogP contribution is -2.52. The molecule has 5 rings (SSSR count). The maximum atomic E-state index is 12.5. The molecule has 0 aliphatic carbocycles. The van der Waals surface area contributed by atoms with Crippen LogP contribution in [0.3, 0.4) is 0 Å². The monoisotopic (exact) mass is 362 g/mol. The number of nitrogens with one attached hydrogen (secondary N) is 2. The summed E-state index contributed by atoms with van der Waals surface area (Å²) in [4.78, 5) is 14.4. The molecule has 2 aliphatic rings. The molecule has 138 valence electrons. The summed E-state index contributed by atoms with van der Waals surface area (Å²) in [6.07, 6.45) is 5.49. The van der Waals surface area contributed by atoms with Crippen molar-refractivity contribution in [2.45, 2.75) is 24.9 Å². The molecule has 27 heavy (non-hydrogen) atoms. The van der Waals surface area contributed by atoms with Crippen LogP contribution in [0.1, 0.15) is 24.3 Å². The molecular weight excluding hydrogens is 340 g/mol. The van der Waals surface area contributed by atoms with Gasteiger partial charge in [-0.2, -0.15) is 0 Å². The van der Waals surface area contributed by atoms with E-state index in [2.05, 4.69) is 57.8 Å². The van der Waals surface area contributed by atoms with Crippen molar-refractivity contribution in [3.63, 3.8) is 0 Å². The topological polar surface area (TPSA) is 62.4 Å². The minimum absolute atomic E-state index is 0.0344. The second-order valence-corrected chi connectivity index (χ2v) is 7.21. The molecule has 0 radical (unpaired) electrons. The van der Waals surface area contributed by atoms with Crippen molar-refractivity contribution in [3.05, 3.63) is 72.4 Å². The van der Waals surface area contributed by atoms with Gasteiger partial charge in [-0.05, 0) is 49.2 Å². The van der Waals surface area contributed by atoms with Gasteiger partial charge in [-0.15, -0.1) is 0 Å². The second-order valence-electron chi connectivity index (χ2n) is 7.21. The average Bonchev–Trinajstić information content (AvgIpc) is 3.39. The molecule has 2 amide bonds. The fourth-order valence-electron chi connectivity index (χ4n) is 4.25. The van der Waals surface area contributed by atoms with Crippen LogP contribution in [0, 0.1) is 0 Å². The molecule has 1 fully saturated rings. The molecule has 0 unspecified atom stereocenters. The zero-order valence-electron chi connectivity index (χ0n) is 15.0. The van der Waals surface area contributed by atoms with Gasteiger partial charge in [-0.1, -0.05) is 12.1 Å². The van der Waals surface area contributed by atoms with Crippen molar-refractivity contribution in [2.24, 2.45) is 0 Å². The van der Waals surface area contributed by atoms with Crippen molar-refractivity contribution < 1.29 is 9.21 Å². The van der Waals surface area contributed by atoms with Crippen LogP contribution in [0.25, 0.3) is 5.69 Å². The van der Waals surface area contributed by atoms with Crippen molar-refractivity contribution in [1.29, 1.82) is 0 Å². The largest absolute Gasteiger partial charge is 0.467 e. The number of likely N-dealkylation sites (tertiary alicyclic amines) is 1. The van der Waals surface area contributed by atoms with Crippen LogP contribution >= 0.6 is 0 Å². The number of benzene rings is 1. The Kier molecular flexibility index (Phi) is 3.70. The van der Waals surface area contributed by atoms with Gasteiger partial charge >= 0.3 is 6.03 Å². The molecule has 1 aromatic carbocycles. The summed E-state index contributed by atoms with van der Waals surface area (Å²) in [6.45, 7) is 1.84. The van der Waals surface area contributed by atoms with Crippen LogP contribution in [-0.4, -0.2) is 28.6 Å². The minimum Gasteiger partial charge on any atom is -0.467 e. The maximum absolute atomic E-state index is 12.5. The summed E-state index contributed by atoms with van der Waals surface area (Å²) in [7, 11) is 0. The summed E-state index contributed by atoms with van der Waals surface area (Å²) in [5.41, 5.74) is 3.48. The number of aromatic nitrogens is 1. The summed E-state index contributed by atoms with van der Waals surface area (Å²) in [5.74, 6) is 0.764. The molecule has 1 spiro atoms. The van der Waals surface area contributed by atoms with Crippen molar-refractivity contribution in [2.75, 3.05) is 18.4 Å². The Morgan fingerprint density at radius 2 is 1.96 bits per heavy atom. The lowest BCUT2D eigenvalue weighted by Gasteiger charge is -2.46. The quantitative estimate of drug-likeness (QED) is 0.731. The molecule has 0 bridgehead atoms. The van der Waals surface area contributed by atoms with Crippen LogP contribution in [0.2, 0.25) is 0 Å². The third kappa shape index (κ3) is 2.68. The molecule has 0 atom stereocenters. The highest BCUT2D eigenvalue weighted by atomic mass is 16.3. The predicted molar refractivity (Wildman–Crippen MR) is 103 cm³/mol. The third-order valence-corrected chi connectivity index (χ3v) is 5.67. The van der Waals surface area contributed by atoms with E-state index in [1.54, 1.807) is 6.26 Å². The normalized spacial score (nSPS) is 17.1. The van der Waals surface area contributed by atoms with E-state index in [1.165, 1.54) is 11.4 Å². The molecule has 4 heterocycles. The van der Waals surface area contributed by atoms with E-state index in [4.69, 9.17) is 4.42 Å². The van der Waals surface area contributed by atoms with E-state index >= 15 is 0 Å². The lowest BCUT2D eigenvalue weighted by atomic mass is 9.82. The standard InChI is InChI=1S/C21H22N4O2/c26-20(22-15-16-5-4-14-27-16)24-12-9-21(10-13-24)19-8-3-11-25(19)18-7-2-1-6-17(18)23-21/h1-8,11,14,23H,9-10,12-13,15H2,(H,22,26). The average molecular weight is 362 g/mol. The molecule has 1 saturated heterocycles. The van der Waals surface area contributed by atoms with Gasteiger partial charge in [-0.25, -0.2) is 4.79 Å². The van der Waals surface area contributed by atoms with E-state index in [9.17, 15) is 4.79 Å². The number of hydrogen-bond donors (Lipinski definition) is 2. The lowest BCUT2D eigenvalue weighted by molar-refractivity contribution is 0.162. The number of anilines is 1. The SMILES string of the molecule is O=C(NCc1ccco1)N1CCC2(CC1)Nc1ccccc1-n1cccc12. The van der Waals surface area contributed by atoms with Gasteiger partial charge < -0.3 is 24.5 Å². The van der Waals surface area contributed by atoms with Gasteiger partial charge in [0, 0.05) is 25.0 Å². The molecular formula is C21H22N4O2. The highest BCUT2D eigenvalue weighted by Gasteiger charge is 2.42. The smallest absolute Gasteiger partial charge is 0.317 e. The minimum atomic E-state index is -0.129. The Hall–Kier alpha value is -3.15. The first-order valence-corrected chi connectivity index (χ1v) is 9.36. The highest BCUT2D eigenvalue weighted by molar-refractivity contribution is 5.74. The molecule has 6 nitrogen and oxygen atoms in total. The number of fused-ring (bicyclic) bond motifs is 4. The number of para-hydroxylation sites is 2. The fraction of sp³-hybridized carbons (Fsp3) is 0.286. The predicted octanol–water partition coefficient (Wildman–Crippen LogP) is 3.70. The summed E-state index contributed by atoms with van der Waals surface area (Å²) < 4.78 is 7.56. The maximum Gasteiger partial charge on any atom is 0.317 e. The number of hydrogen-bond acceptors (Lipinski definition) is 3. The molecule has 2 aliphatic heterocycles. The first kappa shape index (κ1) is 16.1. The van der Waals surface area contributed by atoms with Crippen LogP contribution in [0.15, 0.2) is 65.4 Å². The van der Waals surface area contributed by atoms with Crippen molar-refractivity contribution in [1.82, 2.24) is 14.8 Å². The summed E-state index contributed by atoms with van der Waals surface area (Å²) >= 11 is 0. The number of carbonyl (C=O) groups excluding carboxylic acids is 1. The zero-order valence-corrected chi connectivity index (χ0v) is 15.0. The van der Waals surface area contributed by atoms with E-state index in [1.807, 2.05) is 17.0 Å². The number of amides is 2. The Balaban J connectivity index is 1.31. The molecule has 0 saturated carbocycles. The first-order chi connectivity index (χ1) is 13.3. The zero-order chi connectivity index (χ0) is 18.3. The van der Waals surface area contributed by atoms with E-state index in [0.717, 1.165) is 24.3 Å². The second kappa shape index (κ2) is 6.23. The fourth-order valence-corrected chi connectivity index (χ4v) is 4.25. The molecule has 2 N–H and O–H groups in total. The van der Waals surface area contributed by atoms with E-state index in [0.29, 0.717) is 19.6 Å². The number of urea groups is 1. The van der Waals surface area contributed by atoms with Crippen molar-refractivity contribution in [3.8, 4) is 5.69 Å². The Labute approximate surface area is 157 Å². The van der Waals surface area contributed by atoms with E-state index in [-0.39, 0.29) is 11.6 Å². The third-order valence-electron chi connectivity index (χ3n) is 5.67. The van der Waals surface area contributed by atoms with Gasteiger partial charge in [0.05, 0.1) is 29.7 Å². The summed E-state index contributed by atoms with van der Waals surface area (Å²) in [6, 6.07) is 16.3. The van der Waals surface area contributed by atoms with Crippen LogP contribution in [-0.2, 0) is 12.1 Å². The number of carbonyl (C=O) groups is 1. The molecule has 3 aromatic rings. The highest BCUT2D eigenvalue weighted by Crippen LogP contribution is 2.43. The Morgan fingerprint density at radius 1 is 1.11 bits per heavy atom.